The van der Waals surface area contributed by atoms with E-state index < -0.39 is 10.4 Å². The fraction of sp³-hybridized carbons (Fsp3) is 0. The van der Waals surface area contributed by atoms with Crippen molar-refractivity contribution in [1.29, 1.82) is 0 Å². The van der Waals surface area contributed by atoms with Crippen molar-refractivity contribution in [2.24, 2.45) is 0 Å². The Morgan fingerprint density at radius 1 is 1.12 bits per heavy atom. The van der Waals surface area contributed by atoms with Crippen LogP contribution in [-0.2, 0) is 26.7 Å². The zero-order valence-corrected chi connectivity index (χ0v) is 6.07. The zero-order chi connectivity index (χ0) is 6.50. The summed E-state index contributed by atoms with van der Waals surface area (Å²) < 4.78 is 38.3. The van der Waals surface area contributed by atoms with Crippen LogP contribution in [0.1, 0.15) is 0 Å². The summed E-state index contributed by atoms with van der Waals surface area (Å²) in [5, 5.41) is 0. The van der Waals surface area contributed by atoms with Crippen LogP contribution in [0.4, 0.5) is 0 Å². The topological polar surface area (TPSA) is 94.8 Å². The van der Waals surface area contributed by atoms with Crippen LogP contribution in [0.5, 0.6) is 0 Å². The fourth-order valence-electron chi connectivity index (χ4n) is 0. The minimum atomic E-state index is -4.67. The molecule has 55 valence electrons. The fourth-order valence-corrected chi connectivity index (χ4v) is 0. The Bertz CT molecular complexity index is 95.6. The first-order valence-electron chi connectivity index (χ1n) is 0.857. The summed E-state index contributed by atoms with van der Waals surface area (Å²) in [4.78, 5) is 0. The van der Waals surface area contributed by atoms with Crippen LogP contribution in [0, 0.1) is 0 Å². The van der Waals surface area contributed by atoms with Crippen LogP contribution in [0.25, 0.3) is 0 Å². The van der Waals surface area contributed by atoms with Gasteiger partial charge in [-0.05, 0) is 0 Å². The molecule has 0 aromatic rings. The predicted octanol–water partition coefficient (Wildman–Crippen LogP) is -0.790. The molecule has 8 heteroatoms. The quantitative estimate of drug-likeness (QED) is 0.357. The summed E-state index contributed by atoms with van der Waals surface area (Å²) in [6.45, 7) is 0. The molecule has 0 saturated heterocycles. The van der Waals surface area contributed by atoms with Crippen molar-refractivity contribution in [3.63, 3.8) is 0 Å². The number of rotatable bonds is 0. The van der Waals surface area contributed by atoms with E-state index >= 15 is 0 Å². The summed E-state index contributed by atoms with van der Waals surface area (Å²) in [5.41, 5.74) is 0. The van der Waals surface area contributed by atoms with Gasteiger partial charge in [0.2, 0.25) is 0 Å². The van der Waals surface area contributed by atoms with Gasteiger partial charge in [-0.3, -0.25) is 9.11 Å². The average Bonchev–Trinajstić information content (AvgIpc) is 1.36. The second-order valence-corrected chi connectivity index (χ2v) is 1.34. The third-order valence-electron chi connectivity index (χ3n) is 0. The van der Waals surface area contributed by atoms with Crippen LogP contribution in [0.2, 0.25) is 0 Å². The van der Waals surface area contributed by atoms with E-state index in [2.05, 4.69) is 16.3 Å². The molecule has 0 spiro atoms. The Hall–Kier alpha value is 0.639. The van der Waals surface area contributed by atoms with Crippen molar-refractivity contribution in [3.05, 3.63) is 0 Å². The molecule has 0 aliphatic rings. The van der Waals surface area contributed by atoms with Gasteiger partial charge in [-0.2, -0.15) is 8.42 Å². The second-order valence-electron chi connectivity index (χ2n) is 0.448. The van der Waals surface area contributed by atoms with Crippen LogP contribution in [-0.4, -0.2) is 21.7 Å². The van der Waals surface area contributed by atoms with E-state index in [1.165, 1.54) is 0 Å². The van der Waals surface area contributed by atoms with Crippen LogP contribution in [0.15, 0.2) is 0 Å². The van der Waals surface area contributed by atoms with Gasteiger partial charge >= 0.3 is 30.9 Å². The predicted molar refractivity (Wildman–Crippen MR) is 23.6 cm³/mol. The molecule has 0 aromatic carbocycles. The molecule has 0 radical (unpaired) electrons. The molecule has 0 amide bonds. The summed E-state index contributed by atoms with van der Waals surface area (Å²) in [6, 6.07) is 0. The van der Waals surface area contributed by atoms with Crippen LogP contribution in [0.3, 0.4) is 0 Å². The van der Waals surface area contributed by atoms with E-state index in [1.54, 1.807) is 0 Å². The summed E-state index contributed by atoms with van der Waals surface area (Å²) in [5.74, 6) is 0. The molecule has 3 N–H and O–H groups in total. The van der Waals surface area contributed by atoms with E-state index in [1.807, 2.05) is 0 Å². The SMILES string of the molecule is Cl.O=S(=O)(O)O.[OH][Fe]. The standard InChI is InChI=1S/ClH.Fe.H2O4S.H2O/c;;1-5(2,3)4;/h1H;;(H2,1,2,3,4);1H2/q;+1;;/p-1. The van der Waals surface area contributed by atoms with Gasteiger partial charge in [-0.15, -0.1) is 12.4 Å². The Kier molecular flexibility index (Phi) is 15.1. The molecule has 0 aliphatic heterocycles. The van der Waals surface area contributed by atoms with Crippen molar-refractivity contribution >= 4 is 22.8 Å². The van der Waals surface area contributed by atoms with Gasteiger partial charge in [0, 0.05) is 0 Å². The van der Waals surface area contributed by atoms with E-state index in [-0.39, 0.29) is 12.4 Å². The normalized spacial score (nSPS) is 8.00. The van der Waals surface area contributed by atoms with Gasteiger partial charge in [-0.25, -0.2) is 0 Å². The van der Waals surface area contributed by atoms with Crippen LogP contribution < -0.4 is 0 Å². The van der Waals surface area contributed by atoms with Gasteiger partial charge in [0.15, 0.2) is 0 Å². The third kappa shape index (κ3) is 516. The summed E-state index contributed by atoms with van der Waals surface area (Å²) >= 11 is 2.25. The average molecular weight is 207 g/mol. The van der Waals surface area contributed by atoms with Gasteiger partial charge in [-0.1, -0.05) is 0 Å². The maximum absolute atomic E-state index is 8.74. The Morgan fingerprint density at radius 3 is 1.12 bits per heavy atom. The molecular formula is H4ClFeO5S. The molecule has 8 heavy (non-hydrogen) atoms. The number of halogens is 1. The zero-order valence-electron chi connectivity index (χ0n) is 3.33. The van der Waals surface area contributed by atoms with Crippen molar-refractivity contribution in [1.82, 2.24) is 0 Å². The first-order valence-corrected chi connectivity index (χ1v) is 2.75. The molecule has 0 fully saturated rings. The molecule has 0 rings (SSSR count). The monoisotopic (exact) mass is 207 g/mol. The van der Waals surface area contributed by atoms with Crippen molar-refractivity contribution in [3.8, 4) is 0 Å². The van der Waals surface area contributed by atoms with Crippen molar-refractivity contribution in [2.75, 3.05) is 0 Å². The summed E-state index contributed by atoms with van der Waals surface area (Å²) in [6.07, 6.45) is 0. The van der Waals surface area contributed by atoms with Crippen LogP contribution >= 0.6 is 12.4 Å². The molecule has 5 nitrogen and oxygen atoms in total. The molecule has 0 aliphatic carbocycles. The molecule has 0 heterocycles. The summed E-state index contributed by atoms with van der Waals surface area (Å²) in [7, 11) is -4.67. The number of hydrogen-bond acceptors (Lipinski definition) is 3. The Balaban J connectivity index is -0.0000000750. The first kappa shape index (κ1) is 15.9. The second kappa shape index (κ2) is 7.64. The number of hydrogen-bond donors (Lipinski definition) is 3. The van der Waals surface area contributed by atoms with Gasteiger partial charge in [0.1, 0.15) is 0 Å². The van der Waals surface area contributed by atoms with Crippen molar-refractivity contribution in [2.45, 2.75) is 0 Å². The van der Waals surface area contributed by atoms with Crippen molar-refractivity contribution < 1.29 is 38.1 Å². The van der Waals surface area contributed by atoms with E-state index in [4.69, 9.17) is 21.7 Å². The molecule has 0 aromatic heterocycles. The Labute approximate surface area is 61.2 Å². The third-order valence-corrected chi connectivity index (χ3v) is 0. The van der Waals surface area contributed by atoms with E-state index in [9.17, 15) is 0 Å². The molecular weight excluding hydrogens is 203 g/mol. The molecule has 0 bridgehead atoms. The molecule has 0 atom stereocenters. The van der Waals surface area contributed by atoms with Gasteiger partial charge in [0.25, 0.3) is 0 Å². The van der Waals surface area contributed by atoms with Gasteiger partial charge < -0.3 is 0 Å². The van der Waals surface area contributed by atoms with E-state index in [0.717, 1.165) is 0 Å². The molecule has 0 saturated carbocycles. The first-order chi connectivity index (χ1) is 3.00. The Morgan fingerprint density at radius 2 is 1.12 bits per heavy atom. The molecule has 0 unspecified atom stereocenters. The van der Waals surface area contributed by atoms with E-state index in [0.29, 0.717) is 0 Å². The van der Waals surface area contributed by atoms with Gasteiger partial charge in [0.05, 0.1) is 0 Å². The maximum atomic E-state index is 8.74. The minimum absolute atomic E-state index is 0.